The number of carbonyl (C=O) groups is 3. The highest BCUT2D eigenvalue weighted by atomic mass is 16.6. The number of non-ortho nitro benzene ring substituents is 1. The molecule has 2 aliphatic rings. The fourth-order valence-electron chi connectivity index (χ4n) is 4.40. The molecular formula is C27H24N6O6. The molecule has 12 nitrogen and oxygen atoms in total. The Morgan fingerprint density at radius 1 is 1.08 bits per heavy atom. The number of H-pyrrole nitrogens is 1. The van der Waals surface area contributed by atoms with Gasteiger partial charge in [0, 0.05) is 42.6 Å². The van der Waals surface area contributed by atoms with E-state index in [1.54, 1.807) is 6.08 Å². The molecule has 0 aliphatic carbocycles. The van der Waals surface area contributed by atoms with Crippen molar-refractivity contribution in [3.05, 3.63) is 99.6 Å². The molecule has 0 fully saturated rings. The molecule has 1 aromatic heterocycles. The van der Waals surface area contributed by atoms with Gasteiger partial charge < -0.3 is 25.7 Å². The Hall–Kier alpha value is -5.39. The van der Waals surface area contributed by atoms with Crippen molar-refractivity contribution in [2.75, 3.05) is 18.4 Å². The molecule has 3 aromatic rings. The normalized spacial score (nSPS) is 14.4. The Kier molecular flexibility index (Phi) is 6.83. The number of anilines is 2. The van der Waals surface area contributed by atoms with Gasteiger partial charge in [-0.05, 0) is 30.3 Å². The third kappa shape index (κ3) is 5.49. The second kappa shape index (κ2) is 10.5. The average molecular weight is 529 g/mol. The van der Waals surface area contributed by atoms with E-state index in [4.69, 9.17) is 4.74 Å². The number of fused-ring (bicyclic) bond motifs is 1. The van der Waals surface area contributed by atoms with Crippen molar-refractivity contribution < 1.29 is 24.0 Å². The molecule has 0 bridgehead atoms. The fourth-order valence-corrected chi connectivity index (χ4v) is 4.40. The highest BCUT2D eigenvalue weighted by molar-refractivity contribution is 6.09. The molecule has 0 radical (unpaired) electrons. The predicted molar refractivity (Wildman–Crippen MR) is 142 cm³/mol. The fraction of sp³-hybridized carbons (Fsp3) is 0.148. The minimum Gasteiger partial charge on any atom is -0.410 e. The van der Waals surface area contributed by atoms with Crippen LogP contribution in [-0.2, 0) is 11.3 Å². The summed E-state index contributed by atoms with van der Waals surface area (Å²) in [5.41, 5.74) is 3.54. The maximum absolute atomic E-state index is 13.4. The van der Waals surface area contributed by atoms with Crippen LogP contribution >= 0.6 is 0 Å². The van der Waals surface area contributed by atoms with Crippen molar-refractivity contribution >= 4 is 40.4 Å². The molecule has 0 atom stereocenters. The van der Waals surface area contributed by atoms with Crippen molar-refractivity contribution in [1.82, 2.24) is 20.5 Å². The predicted octanol–water partition coefficient (Wildman–Crippen LogP) is 3.83. The molecule has 0 saturated heterocycles. The minimum atomic E-state index is -0.759. The van der Waals surface area contributed by atoms with Crippen molar-refractivity contribution in [1.29, 1.82) is 0 Å². The van der Waals surface area contributed by atoms with Gasteiger partial charge in [0.1, 0.15) is 11.6 Å². The number of nitro groups is 1. The highest BCUT2D eigenvalue weighted by Crippen LogP contribution is 2.37. The van der Waals surface area contributed by atoms with E-state index in [1.165, 1.54) is 36.1 Å². The average Bonchev–Trinajstić information content (AvgIpc) is 3.28. The maximum Gasteiger partial charge on any atom is 0.416 e. The summed E-state index contributed by atoms with van der Waals surface area (Å²) >= 11 is 0. The molecule has 39 heavy (non-hydrogen) atoms. The van der Waals surface area contributed by atoms with E-state index in [-0.39, 0.29) is 36.2 Å². The summed E-state index contributed by atoms with van der Waals surface area (Å²) in [6.45, 7) is 1.73. The Morgan fingerprint density at radius 3 is 2.51 bits per heavy atom. The molecule has 2 amide bonds. The number of allylic oxidation sites excluding steroid dienone is 2. The molecule has 12 heteroatoms. The summed E-state index contributed by atoms with van der Waals surface area (Å²) < 4.78 is 5.37. The zero-order valence-corrected chi connectivity index (χ0v) is 20.8. The van der Waals surface area contributed by atoms with Gasteiger partial charge in [0.05, 0.1) is 35.0 Å². The molecule has 3 heterocycles. The van der Waals surface area contributed by atoms with Gasteiger partial charge >= 0.3 is 6.09 Å². The van der Waals surface area contributed by atoms with E-state index < -0.39 is 11.0 Å². The summed E-state index contributed by atoms with van der Waals surface area (Å²) in [7, 11) is 0. The molecular weight excluding hydrogens is 504 g/mol. The number of dihydropyridines is 1. The molecule has 0 spiro atoms. The topological polar surface area (TPSA) is 159 Å². The first-order chi connectivity index (χ1) is 18.8. The van der Waals surface area contributed by atoms with Crippen LogP contribution in [0.5, 0.6) is 5.75 Å². The van der Waals surface area contributed by atoms with Crippen LogP contribution in [0.1, 0.15) is 28.7 Å². The van der Waals surface area contributed by atoms with Crippen LogP contribution in [0.25, 0.3) is 5.57 Å². The lowest BCUT2D eigenvalue weighted by atomic mass is 10.0. The van der Waals surface area contributed by atoms with E-state index in [2.05, 4.69) is 20.9 Å². The van der Waals surface area contributed by atoms with Crippen LogP contribution in [-0.4, -0.2) is 45.7 Å². The lowest BCUT2D eigenvalue weighted by Crippen LogP contribution is -2.41. The van der Waals surface area contributed by atoms with Gasteiger partial charge in [0.15, 0.2) is 5.78 Å². The summed E-state index contributed by atoms with van der Waals surface area (Å²) in [6, 6.07) is 14.5. The van der Waals surface area contributed by atoms with Crippen LogP contribution in [0.3, 0.4) is 0 Å². The third-order valence-electron chi connectivity index (χ3n) is 6.11. The number of nitrogens with one attached hydrogen (secondary N) is 4. The van der Waals surface area contributed by atoms with Gasteiger partial charge in [-0.2, -0.15) is 0 Å². The number of carbonyl (C=O) groups excluding carboxylic acids is 3. The van der Waals surface area contributed by atoms with Gasteiger partial charge in [0.25, 0.3) is 5.69 Å². The van der Waals surface area contributed by atoms with Gasteiger partial charge in [-0.1, -0.05) is 24.3 Å². The first-order valence-electron chi connectivity index (χ1n) is 12.0. The summed E-state index contributed by atoms with van der Waals surface area (Å²) in [5.74, 6) is 0.134. The van der Waals surface area contributed by atoms with Gasteiger partial charge in [-0.15, -0.1) is 0 Å². The second-order valence-corrected chi connectivity index (χ2v) is 8.90. The molecule has 2 aromatic carbocycles. The number of rotatable bonds is 6. The summed E-state index contributed by atoms with van der Waals surface area (Å²) in [5, 5.41) is 20.0. The van der Waals surface area contributed by atoms with Gasteiger partial charge in [-0.3, -0.25) is 24.6 Å². The van der Waals surface area contributed by atoms with E-state index in [1.807, 2.05) is 36.4 Å². The number of amides is 2. The smallest absolute Gasteiger partial charge is 0.410 e. The SMILES string of the molecule is CC(=O)NC1=CC(c2[nH]c3c(c2Nc2ccccc2)C(=O)CN(C(=O)Oc2ccc([N+](=O)[O-])cc2)C3)=CCN1. The lowest BCUT2D eigenvalue weighted by molar-refractivity contribution is -0.384. The number of hydrogen-bond donors (Lipinski definition) is 4. The van der Waals surface area contributed by atoms with Crippen LogP contribution in [0, 0.1) is 10.1 Å². The van der Waals surface area contributed by atoms with Crippen LogP contribution in [0.15, 0.2) is 72.6 Å². The number of benzene rings is 2. The monoisotopic (exact) mass is 528 g/mol. The first kappa shape index (κ1) is 25.3. The maximum atomic E-state index is 13.4. The quantitative estimate of drug-likeness (QED) is 0.278. The van der Waals surface area contributed by atoms with Gasteiger partial charge in [-0.25, -0.2) is 4.79 Å². The lowest BCUT2D eigenvalue weighted by Gasteiger charge is -2.25. The molecule has 2 aliphatic heterocycles. The number of Topliss-reactive ketones (excluding diaryl/α,β-unsaturated/α-hetero) is 1. The Balaban J connectivity index is 1.45. The van der Waals surface area contributed by atoms with Crippen molar-refractivity contribution in [3.8, 4) is 5.75 Å². The molecule has 4 N–H and O–H groups in total. The van der Waals surface area contributed by atoms with Crippen molar-refractivity contribution in [2.45, 2.75) is 13.5 Å². The highest BCUT2D eigenvalue weighted by Gasteiger charge is 2.34. The summed E-state index contributed by atoms with van der Waals surface area (Å²) in [6.07, 6.45) is 2.93. The number of aromatic nitrogens is 1. The van der Waals surface area contributed by atoms with E-state index in [9.17, 15) is 24.5 Å². The van der Waals surface area contributed by atoms with E-state index >= 15 is 0 Å². The molecule has 5 rings (SSSR count). The zero-order valence-electron chi connectivity index (χ0n) is 20.8. The standard InChI is InChI=1S/C27H24N6O6/c1-16(34)29-23-13-17(11-12-28-23)25-26(30-18-5-3-2-4-6-18)24-21(31-25)14-32(15-22(24)35)27(36)39-20-9-7-19(8-10-20)33(37)38/h2-11,13,28,30-31H,12,14-15H2,1H3,(H,29,34). The molecule has 0 saturated carbocycles. The Labute approximate surface area is 222 Å². The number of hydrogen-bond acceptors (Lipinski definition) is 8. The van der Waals surface area contributed by atoms with E-state index in [0.717, 1.165) is 11.3 Å². The molecule has 198 valence electrons. The first-order valence-corrected chi connectivity index (χ1v) is 12.0. The number of para-hydroxylation sites is 1. The van der Waals surface area contributed by atoms with E-state index in [0.29, 0.717) is 35.0 Å². The number of aromatic amines is 1. The van der Waals surface area contributed by atoms with Crippen LogP contribution in [0.4, 0.5) is 21.9 Å². The number of nitrogens with zero attached hydrogens (tertiary/aromatic N) is 2. The molecule has 0 unspecified atom stereocenters. The van der Waals surface area contributed by atoms with Crippen LogP contribution < -0.4 is 20.7 Å². The second-order valence-electron chi connectivity index (χ2n) is 8.90. The Bertz CT molecular complexity index is 1520. The van der Waals surface area contributed by atoms with Crippen LogP contribution in [0.2, 0.25) is 0 Å². The Morgan fingerprint density at radius 2 is 1.82 bits per heavy atom. The van der Waals surface area contributed by atoms with Gasteiger partial charge in [0.2, 0.25) is 5.91 Å². The minimum absolute atomic E-state index is 0.0736. The summed E-state index contributed by atoms with van der Waals surface area (Å²) in [4.78, 5) is 52.8. The number of nitro benzene ring substituents is 1. The van der Waals surface area contributed by atoms with Crippen molar-refractivity contribution in [2.24, 2.45) is 0 Å². The largest absolute Gasteiger partial charge is 0.416 e. The third-order valence-corrected chi connectivity index (χ3v) is 6.11. The number of ether oxygens (including phenoxy) is 1. The zero-order chi connectivity index (χ0) is 27.5. The number of ketones is 1. The van der Waals surface area contributed by atoms with Crippen molar-refractivity contribution in [3.63, 3.8) is 0 Å².